The van der Waals surface area contributed by atoms with Gasteiger partial charge in [-0.25, -0.2) is 8.42 Å². The third-order valence-electron chi connectivity index (χ3n) is 5.74. The van der Waals surface area contributed by atoms with Crippen molar-refractivity contribution in [3.63, 3.8) is 0 Å². The third-order valence-corrected chi connectivity index (χ3v) is 7.66. The maximum atomic E-state index is 13.7. The fourth-order valence-corrected chi connectivity index (χ4v) is 5.93. The summed E-state index contributed by atoms with van der Waals surface area (Å²) in [4.78, 5) is 24.6. The van der Waals surface area contributed by atoms with Crippen LogP contribution < -0.4 is 10.1 Å². The molecule has 0 aromatic heterocycles. The molecule has 2 aromatic carbocycles. The maximum absolute atomic E-state index is 13.7. The molecule has 1 aliphatic carbocycles. The number of anilines is 1. The van der Waals surface area contributed by atoms with Crippen molar-refractivity contribution in [1.29, 1.82) is 0 Å². The number of ether oxygens (including phenoxy) is 1. The van der Waals surface area contributed by atoms with Gasteiger partial charge in [-0.1, -0.05) is 37.5 Å². The van der Waals surface area contributed by atoms with Crippen molar-refractivity contribution >= 4 is 27.4 Å². The molecule has 2 aromatic rings. The van der Waals surface area contributed by atoms with E-state index in [1.165, 1.54) is 18.3 Å². The summed E-state index contributed by atoms with van der Waals surface area (Å²) in [6, 6.07) is 11.4. The van der Waals surface area contributed by atoms with Crippen LogP contribution in [0.4, 0.5) is 5.69 Å². The van der Waals surface area contributed by atoms with Crippen LogP contribution in [0, 0.1) is 6.92 Å². The number of nitrogens with zero attached hydrogens (tertiary/aromatic N) is 1. The van der Waals surface area contributed by atoms with Gasteiger partial charge in [0.15, 0.2) is 5.78 Å². The number of methoxy groups -OCH3 is 1. The normalized spacial score (nSPS) is 14.9. The van der Waals surface area contributed by atoms with Gasteiger partial charge >= 0.3 is 0 Å². The summed E-state index contributed by atoms with van der Waals surface area (Å²) in [6.45, 7) is 2.96. The fourth-order valence-electron chi connectivity index (χ4n) is 4.05. The molecule has 172 valence electrons. The second kappa shape index (κ2) is 10.3. The second-order valence-electron chi connectivity index (χ2n) is 8.18. The minimum atomic E-state index is -3.98. The standard InChI is InChI=1S/C24H30N2O5S/c1-17-12-13-22(31-3)23(14-17)32(29,30)26(21-10-5-4-6-11-21)16-24(28)25-20-9-7-8-19(15-20)18(2)27/h7-9,12-15,21H,4-6,10-11,16H2,1-3H3,(H,25,28). The van der Waals surface area contributed by atoms with Crippen LogP contribution in [0.15, 0.2) is 47.4 Å². The number of carbonyl (C=O) groups is 2. The van der Waals surface area contributed by atoms with Gasteiger partial charge in [0.2, 0.25) is 15.9 Å². The minimum absolute atomic E-state index is 0.0666. The van der Waals surface area contributed by atoms with E-state index in [9.17, 15) is 18.0 Å². The largest absolute Gasteiger partial charge is 0.495 e. The van der Waals surface area contributed by atoms with Crippen LogP contribution in [0.1, 0.15) is 54.9 Å². The Kier molecular flexibility index (Phi) is 7.69. The highest BCUT2D eigenvalue weighted by Crippen LogP contribution is 2.32. The molecule has 0 saturated heterocycles. The van der Waals surface area contributed by atoms with E-state index in [4.69, 9.17) is 4.74 Å². The molecular formula is C24H30N2O5S. The van der Waals surface area contributed by atoms with Crippen LogP contribution in [0.2, 0.25) is 0 Å². The summed E-state index contributed by atoms with van der Waals surface area (Å²) in [6.07, 6.45) is 4.32. The van der Waals surface area contributed by atoms with Gasteiger partial charge in [-0.3, -0.25) is 9.59 Å². The van der Waals surface area contributed by atoms with Crippen molar-refractivity contribution in [1.82, 2.24) is 4.31 Å². The molecule has 0 atom stereocenters. The van der Waals surface area contributed by atoms with E-state index in [0.29, 0.717) is 24.1 Å². The summed E-state index contributed by atoms with van der Waals surface area (Å²) < 4.78 is 34.1. The van der Waals surface area contributed by atoms with Crippen molar-refractivity contribution in [3.8, 4) is 5.75 Å². The fraction of sp³-hybridized carbons (Fsp3) is 0.417. The zero-order chi connectivity index (χ0) is 23.3. The molecule has 0 bridgehead atoms. The van der Waals surface area contributed by atoms with Crippen LogP contribution in [-0.4, -0.2) is 44.1 Å². The molecule has 3 rings (SSSR count). The monoisotopic (exact) mass is 458 g/mol. The summed E-state index contributed by atoms with van der Waals surface area (Å²) in [5.74, 6) is -0.309. The van der Waals surface area contributed by atoms with E-state index >= 15 is 0 Å². The highest BCUT2D eigenvalue weighted by molar-refractivity contribution is 7.89. The quantitative estimate of drug-likeness (QED) is 0.600. The zero-order valence-electron chi connectivity index (χ0n) is 18.8. The first-order valence-corrected chi connectivity index (χ1v) is 12.2. The number of hydrogen-bond acceptors (Lipinski definition) is 5. The summed E-state index contributed by atoms with van der Waals surface area (Å²) in [7, 11) is -2.55. The molecular weight excluding hydrogens is 428 g/mol. The second-order valence-corrected chi connectivity index (χ2v) is 10.0. The first-order chi connectivity index (χ1) is 15.2. The van der Waals surface area contributed by atoms with Crippen LogP contribution in [-0.2, 0) is 14.8 Å². The van der Waals surface area contributed by atoms with E-state index in [1.54, 1.807) is 42.5 Å². The number of aryl methyl sites for hydroxylation is 1. The number of Topliss-reactive ketones (excluding diaryl/α,β-unsaturated/α-hetero) is 1. The molecule has 1 amide bonds. The average molecular weight is 459 g/mol. The molecule has 0 spiro atoms. The van der Waals surface area contributed by atoms with Crippen LogP contribution >= 0.6 is 0 Å². The number of hydrogen-bond donors (Lipinski definition) is 1. The third kappa shape index (κ3) is 5.55. The summed E-state index contributed by atoms with van der Waals surface area (Å²) >= 11 is 0. The maximum Gasteiger partial charge on any atom is 0.247 e. The molecule has 1 saturated carbocycles. The Morgan fingerprint density at radius 2 is 1.81 bits per heavy atom. The highest BCUT2D eigenvalue weighted by Gasteiger charge is 2.35. The molecule has 7 nitrogen and oxygen atoms in total. The topological polar surface area (TPSA) is 92.8 Å². The lowest BCUT2D eigenvalue weighted by Crippen LogP contribution is -2.45. The molecule has 8 heteroatoms. The molecule has 1 fully saturated rings. The Morgan fingerprint density at radius 1 is 1.09 bits per heavy atom. The van der Waals surface area contributed by atoms with Crippen molar-refractivity contribution in [2.75, 3.05) is 19.0 Å². The molecule has 0 unspecified atom stereocenters. The Bertz CT molecular complexity index is 1090. The van der Waals surface area contributed by atoms with Crippen LogP contribution in [0.25, 0.3) is 0 Å². The van der Waals surface area contributed by atoms with Gasteiger partial charge in [0.25, 0.3) is 0 Å². The SMILES string of the molecule is COc1ccc(C)cc1S(=O)(=O)N(CC(=O)Nc1cccc(C(C)=O)c1)C1CCCCC1. The predicted octanol–water partition coefficient (Wildman–Crippen LogP) is 4.17. The highest BCUT2D eigenvalue weighted by atomic mass is 32.2. The van der Waals surface area contributed by atoms with E-state index in [-0.39, 0.29) is 29.0 Å². The molecule has 0 heterocycles. The Hall–Kier alpha value is -2.71. The van der Waals surface area contributed by atoms with Crippen LogP contribution in [0.5, 0.6) is 5.75 Å². The number of nitrogens with one attached hydrogen (secondary N) is 1. The van der Waals surface area contributed by atoms with Gasteiger partial charge in [0.05, 0.1) is 13.7 Å². The first-order valence-electron chi connectivity index (χ1n) is 10.8. The summed E-state index contributed by atoms with van der Waals surface area (Å²) in [5.41, 5.74) is 1.72. The van der Waals surface area contributed by atoms with E-state index < -0.39 is 15.9 Å². The van der Waals surface area contributed by atoms with Crippen molar-refractivity contribution in [2.24, 2.45) is 0 Å². The number of carbonyl (C=O) groups excluding carboxylic acids is 2. The number of benzene rings is 2. The first kappa shape index (κ1) is 23.9. The lowest BCUT2D eigenvalue weighted by atomic mass is 9.95. The smallest absolute Gasteiger partial charge is 0.247 e. The zero-order valence-corrected chi connectivity index (χ0v) is 19.6. The number of ketones is 1. The number of sulfonamides is 1. The molecule has 0 aliphatic heterocycles. The van der Waals surface area contributed by atoms with Crippen molar-refractivity contribution < 1.29 is 22.7 Å². The predicted molar refractivity (Wildman–Crippen MR) is 124 cm³/mol. The van der Waals surface area contributed by atoms with Gasteiger partial charge in [0.1, 0.15) is 10.6 Å². The summed E-state index contributed by atoms with van der Waals surface area (Å²) in [5, 5.41) is 2.74. The van der Waals surface area contributed by atoms with Crippen molar-refractivity contribution in [2.45, 2.75) is 56.9 Å². The molecule has 0 radical (unpaired) electrons. The number of rotatable bonds is 8. The van der Waals surface area contributed by atoms with Crippen molar-refractivity contribution in [3.05, 3.63) is 53.6 Å². The average Bonchev–Trinajstić information content (AvgIpc) is 2.78. The van der Waals surface area contributed by atoms with Gasteiger partial charge < -0.3 is 10.1 Å². The van der Waals surface area contributed by atoms with E-state index in [0.717, 1.165) is 24.8 Å². The Labute approximate surface area is 189 Å². The van der Waals surface area contributed by atoms with E-state index in [1.807, 2.05) is 6.92 Å². The molecule has 32 heavy (non-hydrogen) atoms. The van der Waals surface area contributed by atoms with Crippen LogP contribution in [0.3, 0.4) is 0 Å². The van der Waals surface area contributed by atoms with Gasteiger partial charge in [-0.2, -0.15) is 4.31 Å². The van der Waals surface area contributed by atoms with Gasteiger partial charge in [-0.15, -0.1) is 0 Å². The molecule has 1 aliphatic rings. The van der Waals surface area contributed by atoms with Gasteiger partial charge in [0, 0.05) is 17.3 Å². The Balaban J connectivity index is 1.91. The molecule has 1 N–H and O–H groups in total. The number of amides is 1. The Morgan fingerprint density at radius 3 is 2.47 bits per heavy atom. The minimum Gasteiger partial charge on any atom is -0.495 e. The lowest BCUT2D eigenvalue weighted by molar-refractivity contribution is -0.116. The lowest BCUT2D eigenvalue weighted by Gasteiger charge is -2.33. The van der Waals surface area contributed by atoms with Gasteiger partial charge in [-0.05, 0) is 56.5 Å². The van der Waals surface area contributed by atoms with E-state index in [2.05, 4.69) is 5.32 Å².